The Morgan fingerprint density at radius 2 is 1.87 bits per heavy atom. The van der Waals surface area contributed by atoms with Crippen LogP contribution in [-0.2, 0) is 0 Å². The van der Waals surface area contributed by atoms with Gasteiger partial charge in [0.25, 0.3) is 5.91 Å². The fourth-order valence-electron chi connectivity index (χ4n) is 3.63. The molecule has 1 aliphatic rings. The summed E-state index contributed by atoms with van der Waals surface area (Å²) in [5.41, 5.74) is 2.77. The van der Waals surface area contributed by atoms with Crippen molar-refractivity contribution in [2.45, 2.75) is 13.3 Å². The van der Waals surface area contributed by atoms with Gasteiger partial charge in [-0.1, -0.05) is 23.7 Å². The summed E-state index contributed by atoms with van der Waals surface area (Å²) in [6.07, 6.45) is 0.812. The van der Waals surface area contributed by atoms with Gasteiger partial charge in [-0.15, -0.1) is 0 Å². The second-order valence-corrected chi connectivity index (χ2v) is 8.01. The fourth-order valence-corrected chi connectivity index (χ4v) is 3.80. The number of anilines is 1. The number of nitrogens with zero attached hydrogens (tertiary/aromatic N) is 2. The molecular weight excluding hydrogens is 416 g/mol. The third-order valence-corrected chi connectivity index (χ3v) is 5.54. The van der Waals surface area contributed by atoms with E-state index in [1.54, 1.807) is 12.1 Å². The van der Waals surface area contributed by atoms with Crippen LogP contribution in [0.3, 0.4) is 0 Å². The van der Waals surface area contributed by atoms with Crippen molar-refractivity contribution in [2.24, 2.45) is 0 Å². The Morgan fingerprint density at radius 1 is 1.10 bits per heavy atom. The van der Waals surface area contributed by atoms with E-state index >= 15 is 0 Å². The molecular formula is C23H29ClN4O3. The number of hydrogen-bond donors (Lipinski definition) is 2. The van der Waals surface area contributed by atoms with Crippen LogP contribution in [0.1, 0.15) is 22.3 Å². The Hall–Kier alpha value is -2.77. The molecule has 3 rings (SSSR count). The zero-order valence-electron chi connectivity index (χ0n) is 18.0. The summed E-state index contributed by atoms with van der Waals surface area (Å²) in [7, 11) is 1.46. The summed E-state index contributed by atoms with van der Waals surface area (Å²) in [5.74, 6) is -0.191. The lowest BCUT2D eigenvalue weighted by molar-refractivity contribution is 0.0961. The van der Waals surface area contributed by atoms with Crippen LogP contribution in [0.4, 0.5) is 10.5 Å². The van der Waals surface area contributed by atoms with Crippen LogP contribution in [0.25, 0.3) is 0 Å². The molecule has 8 heteroatoms. The van der Waals surface area contributed by atoms with Gasteiger partial charge in [-0.2, -0.15) is 0 Å². The van der Waals surface area contributed by atoms with Crippen molar-refractivity contribution >= 4 is 29.2 Å². The lowest BCUT2D eigenvalue weighted by Crippen LogP contribution is -2.47. The van der Waals surface area contributed by atoms with E-state index in [0.717, 1.165) is 39.1 Å². The maximum absolute atomic E-state index is 12.3. The van der Waals surface area contributed by atoms with Crippen LogP contribution in [0, 0.1) is 6.92 Å². The Bertz CT molecular complexity index is 913. The average molecular weight is 445 g/mol. The molecule has 1 saturated heterocycles. The molecule has 0 spiro atoms. The first kappa shape index (κ1) is 22.9. The number of methoxy groups -OCH3 is 1. The Balaban J connectivity index is 1.35. The van der Waals surface area contributed by atoms with Crippen molar-refractivity contribution in [3.8, 4) is 5.75 Å². The van der Waals surface area contributed by atoms with Crippen LogP contribution in [0.15, 0.2) is 42.5 Å². The fraction of sp³-hybridized carbons (Fsp3) is 0.391. The van der Waals surface area contributed by atoms with Gasteiger partial charge in [-0.05, 0) is 55.8 Å². The lowest BCUT2D eigenvalue weighted by atomic mass is 10.2. The maximum atomic E-state index is 12.3. The number of ether oxygens (including phenoxy) is 1. The molecule has 0 bridgehead atoms. The first-order chi connectivity index (χ1) is 15.0. The predicted molar refractivity (Wildman–Crippen MR) is 123 cm³/mol. The van der Waals surface area contributed by atoms with Gasteiger partial charge in [-0.25, -0.2) is 4.79 Å². The van der Waals surface area contributed by atoms with Gasteiger partial charge in [0.2, 0.25) is 0 Å². The Kier molecular flexibility index (Phi) is 8.14. The van der Waals surface area contributed by atoms with E-state index in [0.29, 0.717) is 17.3 Å². The van der Waals surface area contributed by atoms with E-state index in [1.165, 1.54) is 24.4 Å². The molecule has 2 N–H and O–H groups in total. The SMILES string of the molecule is COc1ccc(Cl)cc1C(=O)NC(=O)NCCCN1CCN(c2cccc(C)c2)CC1. The van der Waals surface area contributed by atoms with Gasteiger partial charge in [0.1, 0.15) is 5.75 Å². The quantitative estimate of drug-likeness (QED) is 0.641. The number of carbonyl (C=O) groups is 2. The van der Waals surface area contributed by atoms with Crippen LogP contribution in [0.2, 0.25) is 5.02 Å². The molecule has 0 unspecified atom stereocenters. The zero-order valence-corrected chi connectivity index (χ0v) is 18.7. The van der Waals surface area contributed by atoms with Gasteiger partial charge in [0.05, 0.1) is 12.7 Å². The number of halogens is 1. The predicted octanol–water partition coefficient (Wildman–Crippen LogP) is 3.31. The van der Waals surface area contributed by atoms with Crippen molar-refractivity contribution < 1.29 is 14.3 Å². The third kappa shape index (κ3) is 6.60. The van der Waals surface area contributed by atoms with E-state index in [9.17, 15) is 9.59 Å². The average Bonchev–Trinajstić information content (AvgIpc) is 2.77. The highest BCUT2D eigenvalue weighted by molar-refractivity contribution is 6.31. The molecule has 0 aliphatic carbocycles. The third-order valence-electron chi connectivity index (χ3n) is 5.31. The van der Waals surface area contributed by atoms with Crippen molar-refractivity contribution in [1.82, 2.24) is 15.5 Å². The number of amides is 3. The number of nitrogens with one attached hydrogen (secondary N) is 2. The second kappa shape index (κ2) is 11.0. The van der Waals surface area contributed by atoms with Crippen LogP contribution in [0.5, 0.6) is 5.75 Å². The molecule has 0 saturated carbocycles. The number of piperazine rings is 1. The summed E-state index contributed by atoms with van der Waals surface area (Å²) in [4.78, 5) is 29.2. The van der Waals surface area contributed by atoms with Crippen LogP contribution in [-0.4, -0.2) is 63.2 Å². The summed E-state index contributed by atoms with van der Waals surface area (Å²) >= 11 is 5.94. The molecule has 166 valence electrons. The normalized spacial score (nSPS) is 14.2. The second-order valence-electron chi connectivity index (χ2n) is 7.58. The molecule has 3 amide bonds. The molecule has 0 atom stereocenters. The number of benzene rings is 2. The van der Waals surface area contributed by atoms with E-state index in [2.05, 4.69) is 51.6 Å². The summed E-state index contributed by atoms with van der Waals surface area (Å²) < 4.78 is 5.15. The first-order valence-electron chi connectivity index (χ1n) is 10.4. The van der Waals surface area contributed by atoms with Crippen LogP contribution < -0.4 is 20.3 Å². The van der Waals surface area contributed by atoms with Gasteiger partial charge >= 0.3 is 6.03 Å². The first-order valence-corrected chi connectivity index (χ1v) is 10.8. The molecule has 7 nitrogen and oxygen atoms in total. The maximum Gasteiger partial charge on any atom is 0.321 e. The smallest absolute Gasteiger partial charge is 0.321 e. The van der Waals surface area contributed by atoms with Crippen molar-refractivity contribution in [3.05, 3.63) is 58.6 Å². The molecule has 1 heterocycles. The Labute approximate surface area is 188 Å². The molecule has 0 aromatic heterocycles. The number of urea groups is 1. The largest absolute Gasteiger partial charge is 0.496 e. The van der Waals surface area contributed by atoms with Crippen LogP contribution >= 0.6 is 11.6 Å². The summed E-state index contributed by atoms with van der Waals surface area (Å²) in [6, 6.07) is 12.7. The number of rotatable bonds is 7. The Morgan fingerprint density at radius 3 is 2.58 bits per heavy atom. The zero-order chi connectivity index (χ0) is 22.2. The highest BCUT2D eigenvalue weighted by atomic mass is 35.5. The number of aryl methyl sites for hydroxylation is 1. The van der Waals surface area contributed by atoms with Gasteiger partial charge in [0.15, 0.2) is 0 Å². The summed E-state index contributed by atoms with van der Waals surface area (Å²) in [6.45, 7) is 7.48. The molecule has 0 radical (unpaired) electrons. The lowest BCUT2D eigenvalue weighted by Gasteiger charge is -2.36. The topological polar surface area (TPSA) is 73.9 Å². The molecule has 31 heavy (non-hydrogen) atoms. The number of hydrogen-bond acceptors (Lipinski definition) is 5. The minimum Gasteiger partial charge on any atom is -0.496 e. The number of imide groups is 1. The van der Waals surface area contributed by atoms with Gasteiger partial charge in [0, 0.05) is 43.4 Å². The van der Waals surface area contributed by atoms with Gasteiger partial charge < -0.3 is 15.0 Å². The minimum absolute atomic E-state index is 0.219. The monoisotopic (exact) mass is 444 g/mol. The van der Waals surface area contributed by atoms with E-state index < -0.39 is 11.9 Å². The molecule has 1 fully saturated rings. The number of carbonyl (C=O) groups excluding carboxylic acids is 2. The van der Waals surface area contributed by atoms with E-state index in [-0.39, 0.29) is 5.56 Å². The van der Waals surface area contributed by atoms with Crippen molar-refractivity contribution in [2.75, 3.05) is 51.3 Å². The molecule has 2 aromatic carbocycles. The standard InChI is InChI=1S/C23H29ClN4O3/c1-17-5-3-6-19(15-17)28-13-11-27(12-14-28)10-4-9-25-23(30)26-22(29)20-16-18(24)7-8-21(20)31-2/h3,5-8,15-16H,4,9-14H2,1-2H3,(H2,25,26,29,30). The van der Waals surface area contributed by atoms with Crippen molar-refractivity contribution in [3.63, 3.8) is 0 Å². The minimum atomic E-state index is -0.552. The van der Waals surface area contributed by atoms with E-state index in [1.807, 2.05) is 0 Å². The van der Waals surface area contributed by atoms with E-state index in [4.69, 9.17) is 16.3 Å². The molecule has 2 aromatic rings. The van der Waals surface area contributed by atoms with Gasteiger partial charge in [-0.3, -0.25) is 15.0 Å². The highest BCUT2D eigenvalue weighted by Gasteiger charge is 2.18. The summed E-state index contributed by atoms with van der Waals surface area (Å²) in [5, 5.41) is 5.45. The highest BCUT2D eigenvalue weighted by Crippen LogP contribution is 2.22. The molecule has 1 aliphatic heterocycles. The van der Waals surface area contributed by atoms with Crippen molar-refractivity contribution in [1.29, 1.82) is 0 Å².